The average Bonchev–Trinajstić information content (AvgIpc) is 3.01. The summed E-state index contributed by atoms with van der Waals surface area (Å²) in [5.74, 6) is -0.855. The van der Waals surface area contributed by atoms with Crippen LogP contribution in [-0.2, 0) is 6.54 Å². The van der Waals surface area contributed by atoms with Crippen LogP contribution in [0.5, 0.6) is 0 Å². The molecule has 0 aliphatic rings. The fraction of sp³-hybridized carbons (Fsp3) is 0.737. The highest BCUT2D eigenvalue weighted by Crippen LogP contribution is 2.12. The molecule has 0 amide bonds. The van der Waals surface area contributed by atoms with E-state index in [1.807, 2.05) is 10.8 Å². The van der Waals surface area contributed by atoms with Gasteiger partial charge < -0.3 is 9.67 Å². The first kappa shape index (κ1) is 19.7. The summed E-state index contributed by atoms with van der Waals surface area (Å²) in [6.07, 6.45) is 17.9. The Morgan fingerprint density at radius 3 is 1.78 bits per heavy atom. The number of carboxylic acid groups (broad SMARTS) is 1. The van der Waals surface area contributed by atoms with Crippen LogP contribution in [-0.4, -0.2) is 22.3 Å². The zero-order valence-corrected chi connectivity index (χ0v) is 14.3. The third-order valence-electron chi connectivity index (χ3n) is 4.30. The highest BCUT2D eigenvalue weighted by atomic mass is 19.1. The van der Waals surface area contributed by atoms with Gasteiger partial charge in [0.15, 0.2) is 0 Å². The van der Waals surface area contributed by atoms with E-state index in [1.54, 1.807) is 12.3 Å². The van der Waals surface area contributed by atoms with Crippen molar-refractivity contribution in [1.29, 1.82) is 0 Å². The number of hydrogen-bond donors (Lipinski definition) is 1. The van der Waals surface area contributed by atoms with E-state index in [2.05, 4.69) is 0 Å². The van der Waals surface area contributed by atoms with Gasteiger partial charge in [0.2, 0.25) is 0 Å². The highest BCUT2D eigenvalue weighted by molar-refractivity contribution is 5.87. The molecule has 1 aromatic heterocycles. The Bertz CT molecular complexity index is 417. The molecule has 3 nitrogen and oxygen atoms in total. The third kappa shape index (κ3) is 10.1. The van der Waals surface area contributed by atoms with Crippen LogP contribution in [0.1, 0.15) is 87.4 Å². The van der Waals surface area contributed by atoms with Crippen LogP contribution >= 0.6 is 0 Å². The molecular weight excluding hydrogens is 293 g/mol. The van der Waals surface area contributed by atoms with Crippen molar-refractivity contribution >= 4 is 5.97 Å². The summed E-state index contributed by atoms with van der Waals surface area (Å²) in [5.41, 5.74) is 0.370. The smallest absolute Gasteiger partial charge is 0.337 e. The van der Waals surface area contributed by atoms with Gasteiger partial charge >= 0.3 is 5.97 Å². The van der Waals surface area contributed by atoms with Gasteiger partial charge in [-0.3, -0.25) is 4.39 Å². The summed E-state index contributed by atoms with van der Waals surface area (Å²) in [4.78, 5) is 10.8. The van der Waals surface area contributed by atoms with Crippen molar-refractivity contribution in [3.05, 3.63) is 24.0 Å². The first-order valence-corrected chi connectivity index (χ1v) is 9.19. The van der Waals surface area contributed by atoms with Crippen molar-refractivity contribution in [1.82, 2.24) is 4.57 Å². The zero-order chi connectivity index (χ0) is 16.8. The number of carboxylic acids is 1. The van der Waals surface area contributed by atoms with Gasteiger partial charge in [-0.05, 0) is 18.9 Å². The number of unbranched alkanes of at least 4 members (excludes halogenated alkanes) is 11. The molecule has 0 bridgehead atoms. The lowest BCUT2D eigenvalue weighted by molar-refractivity contribution is 0.0697. The molecule has 0 atom stereocenters. The molecule has 1 aromatic rings. The first-order valence-electron chi connectivity index (χ1n) is 9.19. The normalized spacial score (nSPS) is 11.0. The number of aromatic nitrogens is 1. The molecule has 1 heterocycles. The maximum absolute atomic E-state index is 11.9. The number of aromatic carboxylic acids is 1. The van der Waals surface area contributed by atoms with Crippen molar-refractivity contribution in [2.24, 2.45) is 0 Å². The predicted octanol–water partition coefficient (Wildman–Crippen LogP) is 5.84. The van der Waals surface area contributed by atoms with E-state index in [4.69, 9.17) is 5.11 Å². The van der Waals surface area contributed by atoms with Gasteiger partial charge in [-0.15, -0.1) is 0 Å². The number of carbonyl (C=O) groups is 1. The highest BCUT2D eigenvalue weighted by Gasteiger charge is 2.03. The van der Waals surface area contributed by atoms with E-state index >= 15 is 0 Å². The molecule has 132 valence electrons. The molecular formula is C19H32FNO2. The van der Waals surface area contributed by atoms with Crippen LogP contribution in [0.3, 0.4) is 0 Å². The van der Waals surface area contributed by atoms with E-state index in [9.17, 15) is 9.18 Å². The van der Waals surface area contributed by atoms with Gasteiger partial charge in [0.25, 0.3) is 0 Å². The molecule has 4 heteroatoms. The van der Waals surface area contributed by atoms with Gasteiger partial charge in [0.1, 0.15) is 0 Å². The van der Waals surface area contributed by atoms with Gasteiger partial charge in [-0.1, -0.05) is 64.2 Å². The quantitative estimate of drug-likeness (QED) is 0.412. The van der Waals surface area contributed by atoms with Gasteiger partial charge in [0.05, 0.1) is 12.2 Å². The van der Waals surface area contributed by atoms with E-state index in [-0.39, 0.29) is 6.67 Å². The fourth-order valence-electron chi connectivity index (χ4n) is 2.86. The van der Waals surface area contributed by atoms with Crippen LogP contribution < -0.4 is 0 Å². The molecule has 0 aliphatic carbocycles. The van der Waals surface area contributed by atoms with Gasteiger partial charge in [-0.2, -0.15) is 0 Å². The van der Waals surface area contributed by atoms with Crippen molar-refractivity contribution in [3.8, 4) is 0 Å². The third-order valence-corrected chi connectivity index (χ3v) is 4.30. The van der Waals surface area contributed by atoms with Crippen molar-refractivity contribution in [3.63, 3.8) is 0 Å². The Balaban J connectivity index is 1.83. The molecule has 0 fully saturated rings. The lowest BCUT2D eigenvalue weighted by Gasteiger charge is -2.04. The Morgan fingerprint density at radius 2 is 1.35 bits per heavy atom. The van der Waals surface area contributed by atoms with Crippen molar-refractivity contribution < 1.29 is 14.3 Å². The maximum atomic E-state index is 11.9. The molecule has 0 aliphatic heterocycles. The molecule has 0 spiro atoms. The topological polar surface area (TPSA) is 42.2 Å². The number of hydrogen-bond acceptors (Lipinski definition) is 1. The first-order chi connectivity index (χ1) is 11.2. The Kier molecular flexibility index (Phi) is 11.3. The van der Waals surface area contributed by atoms with Gasteiger partial charge in [-0.25, -0.2) is 4.79 Å². The SMILES string of the molecule is O=C(O)c1ccn(CCCCCCCCCCCCCCF)c1. The van der Waals surface area contributed by atoms with Crippen LogP contribution in [0, 0.1) is 0 Å². The summed E-state index contributed by atoms with van der Waals surface area (Å²) in [6, 6.07) is 1.65. The minimum Gasteiger partial charge on any atom is -0.478 e. The number of nitrogens with zero attached hydrogens (tertiary/aromatic N) is 1. The van der Waals surface area contributed by atoms with E-state index in [1.165, 1.54) is 57.8 Å². The van der Waals surface area contributed by atoms with Crippen LogP contribution in [0.2, 0.25) is 0 Å². The summed E-state index contributed by atoms with van der Waals surface area (Å²) < 4.78 is 13.9. The van der Waals surface area contributed by atoms with E-state index < -0.39 is 5.97 Å². The summed E-state index contributed by atoms with van der Waals surface area (Å²) in [6.45, 7) is 0.747. The largest absolute Gasteiger partial charge is 0.478 e. The van der Waals surface area contributed by atoms with Crippen LogP contribution in [0.25, 0.3) is 0 Å². The molecule has 0 unspecified atom stereocenters. The Labute approximate surface area is 139 Å². The average molecular weight is 325 g/mol. The summed E-state index contributed by atoms with van der Waals surface area (Å²) in [5, 5.41) is 8.85. The molecule has 0 saturated carbocycles. The van der Waals surface area contributed by atoms with Gasteiger partial charge in [0, 0.05) is 18.9 Å². The lowest BCUT2D eigenvalue weighted by atomic mass is 10.1. The van der Waals surface area contributed by atoms with Crippen molar-refractivity contribution in [2.45, 2.75) is 83.6 Å². The second kappa shape index (κ2) is 13.1. The lowest BCUT2D eigenvalue weighted by Crippen LogP contribution is -1.96. The predicted molar refractivity (Wildman–Crippen MR) is 92.8 cm³/mol. The summed E-state index contributed by atoms with van der Waals surface area (Å²) >= 11 is 0. The number of rotatable bonds is 15. The Hall–Kier alpha value is -1.32. The molecule has 0 radical (unpaired) electrons. The fourth-order valence-corrected chi connectivity index (χ4v) is 2.86. The minimum atomic E-state index is -0.855. The van der Waals surface area contributed by atoms with E-state index in [0.29, 0.717) is 5.56 Å². The minimum absolute atomic E-state index is 0.162. The second-order valence-electron chi connectivity index (χ2n) is 6.37. The summed E-state index contributed by atoms with van der Waals surface area (Å²) in [7, 11) is 0. The molecule has 1 N–H and O–H groups in total. The maximum Gasteiger partial charge on any atom is 0.337 e. The van der Waals surface area contributed by atoms with E-state index in [0.717, 1.165) is 25.8 Å². The molecule has 23 heavy (non-hydrogen) atoms. The molecule has 0 aromatic carbocycles. The van der Waals surface area contributed by atoms with Crippen LogP contribution in [0.4, 0.5) is 4.39 Å². The monoisotopic (exact) mass is 325 g/mol. The number of alkyl halides is 1. The standard InChI is InChI=1S/C19H32FNO2/c20-14-11-9-7-5-3-1-2-4-6-8-10-12-15-21-16-13-18(17-21)19(22)23/h13,16-17H,1-12,14-15H2,(H,22,23). The van der Waals surface area contributed by atoms with Crippen LogP contribution in [0.15, 0.2) is 18.5 Å². The molecule has 1 rings (SSSR count). The molecule has 0 saturated heterocycles. The zero-order valence-electron chi connectivity index (χ0n) is 14.3. The Morgan fingerprint density at radius 1 is 0.870 bits per heavy atom. The number of halogens is 1. The van der Waals surface area contributed by atoms with Crippen molar-refractivity contribution in [2.75, 3.05) is 6.67 Å². The number of aryl methyl sites for hydroxylation is 1. The second-order valence-corrected chi connectivity index (χ2v) is 6.37.